The van der Waals surface area contributed by atoms with E-state index in [9.17, 15) is 4.79 Å². The number of carboxylic acids is 1. The summed E-state index contributed by atoms with van der Waals surface area (Å²) >= 11 is 0. The van der Waals surface area contributed by atoms with E-state index in [1.165, 1.54) is 0 Å². The first-order valence-electron chi connectivity index (χ1n) is 5.73. The molecule has 3 nitrogen and oxygen atoms in total. The van der Waals surface area contributed by atoms with Crippen molar-refractivity contribution in [2.45, 2.75) is 19.8 Å². The Morgan fingerprint density at radius 1 is 1.41 bits per heavy atom. The van der Waals surface area contributed by atoms with Gasteiger partial charge in [0.1, 0.15) is 0 Å². The number of aromatic nitrogens is 1. The number of aryl methyl sites for hydroxylation is 1. The second-order valence-electron chi connectivity index (χ2n) is 4.31. The molecule has 2 rings (SSSR count). The molecule has 0 aliphatic carbocycles. The van der Waals surface area contributed by atoms with Gasteiger partial charge in [-0.05, 0) is 30.5 Å². The highest BCUT2D eigenvalue weighted by molar-refractivity contribution is 5.78. The first-order valence-corrected chi connectivity index (χ1v) is 5.73. The van der Waals surface area contributed by atoms with Crippen LogP contribution >= 0.6 is 0 Å². The van der Waals surface area contributed by atoms with Crippen molar-refractivity contribution in [2.75, 3.05) is 0 Å². The van der Waals surface area contributed by atoms with Crippen LogP contribution in [-0.4, -0.2) is 16.1 Å². The molecular formula is C14H15NO2. The number of aliphatic carboxylic acids is 1. The quantitative estimate of drug-likeness (QED) is 0.877. The summed E-state index contributed by atoms with van der Waals surface area (Å²) in [5, 5.41) is 9.93. The number of hydrogen-bond acceptors (Lipinski definition) is 2. The van der Waals surface area contributed by atoms with Crippen LogP contribution in [0.25, 0.3) is 10.9 Å². The minimum absolute atomic E-state index is 0.297. The SMILES string of the molecule is CC(CCc1ccc2cccnc2c1)C(=O)O. The standard InChI is InChI=1S/C14H15NO2/c1-10(14(16)17)4-5-11-6-7-12-3-2-8-15-13(12)9-11/h2-3,6-10H,4-5H2,1H3,(H,16,17). The van der Waals surface area contributed by atoms with Crippen LogP contribution in [0, 0.1) is 5.92 Å². The van der Waals surface area contributed by atoms with Gasteiger partial charge in [0.05, 0.1) is 11.4 Å². The number of fused-ring (bicyclic) bond motifs is 1. The fourth-order valence-electron chi connectivity index (χ4n) is 1.77. The summed E-state index contributed by atoms with van der Waals surface area (Å²) in [6.07, 6.45) is 3.21. The third-order valence-corrected chi connectivity index (χ3v) is 2.96. The Bertz CT molecular complexity index is 536. The lowest BCUT2D eigenvalue weighted by atomic mass is 10.0. The highest BCUT2D eigenvalue weighted by Gasteiger charge is 2.10. The topological polar surface area (TPSA) is 50.2 Å². The van der Waals surface area contributed by atoms with Gasteiger partial charge in [-0.25, -0.2) is 0 Å². The first kappa shape index (κ1) is 11.6. The zero-order chi connectivity index (χ0) is 12.3. The predicted octanol–water partition coefficient (Wildman–Crippen LogP) is 2.89. The van der Waals surface area contributed by atoms with Gasteiger partial charge in [0, 0.05) is 11.6 Å². The van der Waals surface area contributed by atoms with Crippen molar-refractivity contribution in [3.05, 3.63) is 42.1 Å². The molecule has 1 aromatic heterocycles. The van der Waals surface area contributed by atoms with Gasteiger partial charge in [0.25, 0.3) is 0 Å². The largest absolute Gasteiger partial charge is 0.481 e. The maximum absolute atomic E-state index is 10.7. The maximum atomic E-state index is 10.7. The van der Waals surface area contributed by atoms with Gasteiger partial charge in [0.15, 0.2) is 0 Å². The van der Waals surface area contributed by atoms with E-state index in [0.29, 0.717) is 6.42 Å². The molecule has 1 aromatic carbocycles. The van der Waals surface area contributed by atoms with Gasteiger partial charge in [-0.3, -0.25) is 9.78 Å². The Balaban J connectivity index is 2.12. The third kappa shape index (κ3) is 2.81. The molecule has 0 aliphatic heterocycles. The Morgan fingerprint density at radius 2 is 2.24 bits per heavy atom. The summed E-state index contributed by atoms with van der Waals surface area (Å²) in [7, 11) is 0. The molecule has 1 heterocycles. The van der Waals surface area contributed by atoms with Gasteiger partial charge in [-0.2, -0.15) is 0 Å². The van der Waals surface area contributed by atoms with Crippen LogP contribution in [-0.2, 0) is 11.2 Å². The molecular weight excluding hydrogens is 214 g/mol. The lowest BCUT2D eigenvalue weighted by Crippen LogP contribution is -2.10. The van der Waals surface area contributed by atoms with Crippen LogP contribution in [0.1, 0.15) is 18.9 Å². The van der Waals surface area contributed by atoms with E-state index < -0.39 is 5.97 Å². The summed E-state index contributed by atoms with van der Waals surface area (Å²) in [5.41, 5.74) is 2.11. The number of rotatable bonds is 4. The zero-order valence-electron chi connectivity index (χ0n) is 9.76. The minimum Gasteiger partial charge on any atom is -0.481 e. The van der Waals surface area contributed by atoms with Crippen LogP contribution in [0.15, 0.2) is 36.5 Å². The van der Waals surface area contributed by atoms with Crippen molar-refractivity contribution < 1.29 is 9.90 Å². The predicted molar refractivity (Wildman–Crippen MR) is 66.9 cm³/mol. The van der Waals surface area contributed by atoms with E-state index in [2.05, 4.69) is 4.98 Å². The van der Waals surface area contributed by atoms with Crippen molar-refractivity contribution in [1.29, 1.82) is 0 Å². The highest BCUT2D eigenvalue weighted by atomic mass is 16.4. The fraction of sp³-hybridized carbons (Fsp3) is 0.286. The third-order valence-electron chi connectivity index (χ3n) is 2.96. The molecule has 0 radical (unpaired) electrons. The van der Waals surface area contributed by atoms with Gasteiger partial charge in [-0.1, -0.05) is 25.1 Å². The molecule has 1 atom stereocenters. The van der Waals surface area contributed by atoms with Crippen LogP contribution in [0.2, 0.25) is 0 Å². The minimum atomic E-state index is -0.732. The van der Waals surface area contributed by atoms with Crippen molar-refractivity contribution >= 4 is 16.9 Å². The Kier molecular flexibility index (Phi) is 3.38. The van der Waals surface area contributed by atoms with Crippen molar-refractivity contribution in [3.8, 4) is 0 Å². The molecule has 0 bridgehead atoms. The number of pyridine rings is 1. The molecule has 3 heteroatoms. The van der Waals surface area contributed by atoms with Gasteiger partial charge >= 0.3 is 5.97 Å². The summed E-state index contributed by atoms with van der Waals surface area (Å²) in [5.74, 6) is -1.03. The summed E-state index contributed by atoms with van der Waals surface area (Å²) < 4.78 is 0. The van der Waals surface area contributed by atoms with Crippen molar-refractivity contribution in [2.24, 2.45) is 5.92 Å². The molecule has 0 fully saturated rings. The fourth-order valence-corrected chi connectivity index (χ4v) is 1.77. The van der Waals surface area contributed by atoms with E-state index in [0.717, 1.165) is 22.9 Å². The molecule has 2 aromatic rings. The molecule has 88 valence electrons. The number of hydrogen-bond donors (Lipinski definition) is 1. The average molecular weight is 229 g/mol. The van der Waals surface area contributed by atoms with E-state index in [1.54, 1.807) is 13.1 Å². The van der Waals surface area contributed by atoms with E-state index >= 15 is 0 Å². The van der Waals surface area contributed by atoms with Gasteiger partial charge in [-0.15, -0.1) is 0 Å². The van der Waals surface area contributed by atoms with Crippen LogP contribution < -0.4 is 0 Å². The zero-order valence-corrected chi connectivity index (χ0v) is 9.76. The van der Waals surface area contributed by atoms with E-state index in [1.807, 2.05) is 30.3 Å². The second-order valence-corrected chi connectivity index (χ2v) is 4.31. The Labute approximate surface area is 100 Å². The summed E-state index contributed by atoms with van der Waals surface area (Å²) in [6, 6.07) is 10.0. The lowest BCUT2D eigenvalue weighted by molar-refractivity contribution is -0.141. The van der Waals surface area contributed by atoms with Crippen LogP contribution in [0.4, 0.5) is 0 Å². The molecule has 17 heavy (non-hydrogen) atoms. The van der Waals surface area contributed by atoms with E-state index in [4.69, 9.17) is 5.11 Å². The van der Waals surface area contributed by atoms with Crippen LogP contribution in [0.5, 0.6) is 0 Å². The van der Waals surface area contributed by atoms with Gasteiger partial charge in [0.2, 0.25) is 0 Å². The molecule has 0 aliphatic rings. The smallest absolute Gasteiger partial charge is 0.306 e. The molecule has 0 amide bonds. The number of carbonyl (C=O) groups is 1. The highest BCUT2D eigenvalue weighted by Crippen LogP contribution is 2.16. The Morgan fingerprint density at radius 3 is 3.00 bits per heavy atom. The van der Waals surface area contributed by atoms with Crippen molar-refractivity contribution in [3.63, 3.8) is 0 Å². The molecule has 0 saturated heterocycles. The molecule has 1 N–H and O–H groups in total. The number of nitrogens with zero attached hydrogens (tertiary/aromatic N) is 1. The molecule has 0 spiro atoms. The Hall–Kier alpha value is -1.90. The second kappa shape index (κ2) is 4.95. The van der Waals surface area contributed by atoms with Crippen LogP contribution in [0.3, 0.4) is 0 Å². The maximum Gasteiger partial charge on any atom is 0.306 e. The molecule has 0 saturated carbocycles. The van der Waals surface area contributed by atoms with Gasteiger partial charge < -0.3 is 5.11 Å². The lowest BCUT2D eigenvalue weighted by Gasteiger charge is -2.06. The normalized spacial score (nSPS) is 12.5. The average Bonchev–Trinajstić information content (AvgIpc) is 2.35. The number of benzene rings is 1. The molecule has 1 unspecified atom stereocenters. The van der Waals surface area contributed by atoms with E-state index in [-0.39, 0.29) is 5.92 Å². The monoisotopic (exact) mass is 229 g/mol. The number of carboxylic acid groups (broad SMARTS) is 1. The first-order chi connectivity index (χ1) is 8.16. The summed E-state index contributed by atoms with van der Waals surface area (Å²) in [4.78, 5) is 15.0. The van der Waals surface area contributed by atoms with Crippen molar-refractivity contribution in [1.82, 2.24) is 4.98 Å². The summed E-state index contributed by atoms with van der Waals surface area (Å²) in [6.45, 7) is 1.74.